The van der Waals surface area contributed by atoms with Crippen molar-refractivity contribution in [3.05, 3.63) is 69.8 Å². The lowest BCUT2D eigenvalue weighted by Gasteiger charge is -2.24. The van der Waals surface area contributed by atoms with Gasteiger partial charge in [-0.1, -0.05) is 0 Å². The molecule has 1 N–H and O–H groups in total. The van der Waals surface area contributed by atoms with Crippen molar-refractivity contribution >= 4 is 22.8 Å². The highest BCUT2D eigenvalue weighted by Gasteiger charge is 2.18. The molecule has 1 amide bonds. The molecular formula is C20H19F3N4O2. The molecule has 1 aromatic heterocycles. The maximum atomic E-state index is 13.6. The van der Waals surface area contributed by atoms with Crippen LogP contribution in [0.15, 0.2) is 41.2 Å². The van der Waals surface area contributed by atoms with Crippen molar-refractivity contribution in [1.82, 2.24) is 9.66 Å². The van der Waals surface area contributed by atoms with Gasteiger partial charge < -0.3 is 4.90 Å². The highest BCUT2D eigenvalue weighted by molar-refractivity contribution is 5.87. The molecule has 0 spiro atoms. The van der Waals surface area contributed by atoms with Gasteiger partial charge in [0.25, 0.3) is 5.56 Å². The van der Waals surface area contributed by atoms with Crippen molar-refractivity contribution in [2.24, 2.45) is 0 Å². The van der Waals surface area contributed by atoms with Gasteiger partial charge in [-0.2, -0.15) is 4.68 Å². The number of aromatic nitrogens is 2. The normalized spacial score (nSPS) is 10.9. The van der Waals surface area contributed by atoms with Crippen LogP contribution in [0.2, 0.25) is 0 Å². The molecule has 0 saturated carbocycles. The first kappa shape index (κ1) is 20.4. The van der Waals surface area contributed by atoms with Crippen molar-refractivity contribution in [2.45, 2.75) is 20.3 Å². The lowest BCUT2D eigenvalue weighted by atomic mass is 10.1. The second kappa shape index (κ2) is 8.34. The molecule has 9 heteroatoms. The van der Waals surface area contributed by atoms with Crippen molar-refractivity contribution < 1.29 is 18.0 Å². The Morgan fingerprint density at radius 2 is 1.69 bits per heavy atom. The van der Waals surface area contributed by atoms with Crippen molar-refractivity contribution in [3.8, 4) is 0 Å². The number of nitrogens with zero attached hydrogens (tertiary/aromatic N) is 3. The first-order valence-corrected chi connectivity index (χ1v) is 9.04. The summed E-state index contributed by atoms with van der Waals surface area (Å²) in [6.07, 6.45) is -0.361. The standard InChI is InChI=1S/C20H19F3N4O2/c1-3-26(4-2)20-24-17-6-5-13(21)11-16(17)19(29)27(20)25-18(28)9-12-7-14(22)10-15(23)8-12/h5-8,10-11H,3-4,9H2,1-2H3,(H,25,28). The predicted molar refractivity (Wildman–Crippen MR) is 104 cm³/mol. The molecule has 152 valence electrons. The van der Waals surface area contributed by atoms with Gasteiger partial charge in [-0.15, -0.1) is 0 Å². The van der Waals surface area contributed by atoms with Crippen LogP contribution in [0.1, 0.15) is 19.4 Å². The zero-order chi connectivity index (χ0) is 21.1. The number of nitrogens with one attached hydrogen (secondary N) is 1. The van der Waals surface area contributed by atoms with Crippen molar-refractivity contribution in [2.75, 3.05) is 23.4 Å². The summed E-state index contributed by atoms with van der Waals surface area (Å²) >= 11 is 0. The highest BCUT2D eigenvalue weighted by Crippen LogP contribution is 2.16. The summed E-state index contributed by atoms with van der Waals surface area (Å²) in [5.41, 5.74) is 2.16. The molecule has 0 atom stereocenters. The number of hydrogen-bond acceptors (Lipinski definition) is 4. The molecule has 0 unspecified atom stereocenters. The molecule has 1 heterocycles. The molecule has 29 heavy (non-hydrogen) atoms. The van der Waals surface area contributed by atoms with Gasteiger partial charge in [-0.25, -0.2) is 18.2 Å². The van der Waals surface area contributed by atoms with Crippen LogP contribution in [0.5, 0.6) is 0 Å². The fraction of sp³-hybridized carbons (Fsp3) is 0.250. The van der Waals surface area contributed by atoms with E-state index in [0.717, 1.165) is 22.9 Å². The first-order chi connectivity index (χ1) is 13.8. The molecule has 0 fully saturated rings. The summed E-state index contributed by atoms with van der Waals surface area (Å²) in [5.74, 6) is -2.73. The minimum absolute atomic E-state index is 0.00185. The third kappa shape index (κ3) is 4.39. The largest absolute Gasteiger partial charge is 0.341 e. The van der Waals surface area contributed by atoms with Crippen LogP contribution in [0, 0.1) is 17.5 Å². The van der Waals surface area contributed by atoms with Gasteiger partial charge in [-0.05, 0) is 49.7 Å². The third-order valence-corrected chi connectivity index (χ3v) is 4.38. The maximum Gasteiger partial charge on any atom is 0.281 e. The molecule has 2 aromatic carbocycles. The topological polar surface area (TPSA) is 67.2 Å². The fourth-order valence-electron chi connectivity index (χ4n) is 3.03. The third-order valence-electron chi connectivity index (χ3n) is 4.38. The molecule has 3 aromatic rings. The molecule has 3 rings (SSSR count). The van der Waals surface area contributed by atoms with Gasteiger partial charge in [0, 0.05) is 19.2 Å². The quantitative estimate of drug-likeness (QED) is 0.686. The van der Waals surface area contributed by atoms with Gasteiger partial charge >= 0.3 is 0 Å². The van der Waals surface area contributed by atoms with Gasteiger partial charge in [0.1, 0.15) is 17.5 Å². The average Bonchev–Trinajstić information content (AvgIpc) is 2.65. The highest BCUT2D eigenvalue weighted by atomic mass is 19.1. The number of amides is 1. The zero-order valence-electron chi connectivity index (χ0n) is 15.9. The lowest BCUT2D eigenvalue weighted by molar-refractivity contribution is -0.116. The Morgan fingerprint density at radius 1 is 1.03 bits per heavy atom. The average molecular weight is 404 g/mol. The number of halogens is 3. The van der Waals surface area contributed by atoms with Crippen LogP contribution in [-0.4, -0.2) is 28.7 Å². The van der Waals surface area contributed by atoms with E-state index in [2.05, 4.69) is 10.4 Å². The van der Waals surface area contributed by atoms with Gasteiger partial charge in [0.2, 0.25) is 11.9 Å². The molecule has 0 saturated heterocycles. The maximum absolute atomic E-state index is 13.6. The Balaban J connectivity index is 2.03. The number of hydrogen-bond donors (Lipinski definition) is 1. The monoisotopic (exact) mass is 404 g/mol. The van der Waals surface area contributed by atoms with E-state index >= 15 is 0 Å². The van der Waals surface area contributed by atoms with Crippen LogP contribution in [0.4, 0.5) is 19.1 Å². The van der Waals surface area contributed by atoms with Crippen LogP contribution < -0.4 is 15.9 Å². The summed E-state index contributed by atoms with van der Waals surface area (Å²) in [4.78, 5) is 31.5. The van der Waals surface area contributed by atoms with E-state index in [1.807, 2.05) is 13.8 Å². The van der Waals surface area contributed by atoms with Crippen LogP contribution in [0.25, 0.3) is 10.9 Å². The number of carbonyl (C=O) groups excluding carboxylic acids is 1. The Hall–Kier alpha value is -3.36. The smallest absolute Gasteiger partial charge is 0.281 e. The summed E-state index contributed by atoms with van der Waals surface area (Å²) in [7, 11) is 0. The van der Waals surface area contributed by atoms with Crippen LogP contribution >= 0.6 is 0 Å². The Bertz CT molecular complexity index is 1110. The molecule has 0 aliphatic heterocycles. The Morgan fingerprint density at radius 3 is 2.31 bits per heavy atom. The zero-order valence-corrected chi connectivity index (χ0v) is 15.9. The minimum Gasteiger partial charge on any atom is -0.341 e. The number of anilines is 1. The number of rotatable bonds is 6. The lowest BCUT2D eigenvalue weighted by Crippen LogP contribution is -2.40. The van der Waals surface area contributed by atoms with Crippen molar-refractivity contribution in [3.63, 3.8) is 0 Å². The molecule has 0 aliphatic rings. The fourth-order valence-corrected chi connectivity index (χ4v) is 3.03. The SMILES string of the molecule is CCN(CC)c1nc2ccc(F)cc2c(=O)n1NC(=O)Cc1cc(F)cc(F)c1. The summed E-state index contributed by atoms with van der Waals surface area (Å²) in [6.45, 7) is 4.71. The van der Waals surface area contributed by atoms with E-state index in [1.54, 1.807) is 4.90 Å². The van der Waals surface area contributed by atoms with Gasteiger partial charge in [-0.3, -0.25) is 15.0 Å². The van der Waals surface area contributed by atoms with E-state index in [4.69, 9.17) is 0 Å². The second-order valence-electron chi connectivity index (χ2n) is 6.38. The van der Waals surface area contributed by atoms with Gasteiger partial charge in [0.05, 0.1) is 17.3 Å². The summed E-state index contributed by atoms with van der Waals surface area (Å²) in [5, 5.41) is -0.00185. The van der Waals surface area contributed by atoms with Crippen LogP contribution in [-0.2, 0) is 11.2 Å². The van der Waals surface area contributed by atoms with E-state index < -0.39 is 28.9 Å². The minimum atomic E-state index is -0.809. The Kier molecular flexibility index (Phi) is 5.86. The molecule has 0 bridgehead atoms. The van der Waals surface area contributed by atoms with Crippen LogP contribution in [0.3, 0.4) is 0 Å². The molecule has 0 aliphatic carbocycles. The molecular weight excluding hydrogens is 385 g/mol. The number of benzene rings is 2. The van der Waals surface area contributed by atoms with Crippen molar-refractivity contribution in [1.29, 1.82) is 0 Å². The van der Waals surface area contributed by atoms with E-state index in [1.165, 1.54) is 12.1 Å². The Labute approximate surface area is 164 Å². The van der Waals surface area contributed by atoms with E-state index in [9.17, 15) is 22.8 Å². The second-order valence-corrected chi connectivity index (χ2v) is 6.38. The number of fused-ring (bicyclic) bond motifs is 1. The molecule has 6 nitrogen and oxygen atoms in total. The van der Waals surface area contributed by atoms with Gasteiger partial charge in [0.15, 0.2) is 0 Å². The number of carbonyl (C=O) groups is 1. The first-order valence-electron chi connectivity index (χ1n) is 9.04. The van der Waals surface area contributed by atoms with E-state index in [0.29, 0.717) is 19.2 Å². The summed E-state index contributed by atoms with van der Waals surface area (Å²) in [6, 6.07) is 6.39. The molecule has 0 radical (unpaired) electrons. The summed E-state index contributed by atoms with van der Waals surface area (Å²) < 4.78 is 41.3. The predicted octanol–water partition coefficient (Wildman–Crippen LogP) is 2.97. The van der Waals surface area contributed by atoms with E-state index in [-0.39, 0.29) is 28.8 Å².